The molecule has 0 aliphatic heterocycles. The summed E-state index contributed by atoms with van der Waals surface area (Å²) >= 11 is 0. The van der Waals surface area contributed by atoms with E-state index in [0.29, 0.717) is 29.1 Å². The van der Waals surface area contributed by atoms with Crippen molar-refractivity contribution in [1.82, 2.24) is 19.5 Å². The summed E-state index contributed by atoms with van der Waals surface area (Å²) in [6, 6.07) is 5.70. The van der Waals surface area contributed by atoms with Crippen molar-refractivity contribution < 1.29 is 19.1 Å². The van der Waals surface area contributed by atoms with Crippen LogP contribution in [0.5, 0.6) is 0 Å². The van der Waals surface area contributed by atoms with Gasteiger partial charge in [-0.05, 0) is 46.0 Å². The van der Waals surface area contributed by atoms with Crippen molar-refractivity contribution in [2.24, 2.45) is 0 Å². The Morgan fingerprint density at radius 3 is 2.31 bits per heavy atom. The molecule has 0 saturated carbocycles. The second kappa shape index (κ2) is 9.48. The van der Waals surface area contributed by atoms with Crippen LogP contribution in [0.1, 0.15) is 57.6 Å². The standard InChI is InChI=1S/C24H30N4O4/c1-14(2)22-20(17-10-8-9-11-28(17)26-22)21-18(23(29)31-7)15(3)25-16(4)19(21)24(30)32-13-12-27(5)6/h8-11,14H,12-13H2,1-7H3. The molecule has 170 valence electrons. The topological polar surface area (TPSA) is 86.0 Å². The summed E-state index contributed by atoms with van der Waals surface area (Å²) in [5, 5.41) is 4.75. The molecule has 0 fully saturated rings. The summed E-state index contributed by atoms with van der Waals surface area (Å²) in [4.78, 5) is 32.6. The lowest BCUT2D eigenvalue weighted by Crippen LogP contribution is -2.22. The second-order valence-electron chi connectivity index (χ2n) is 8.28. The maximum absolute atomic E-state index is 13.3. The van der Waals surface area contributed by atoms with Crippen LogP contribution in [0.3, 0.4) is 0 Å². The maximum Gasteiger partial charge on any atom is 0.340 e. The molecule has 8 nitrogen and oxygen atoms in total. The number of aromatic nitrogens is 3. The minimum absolute atomic E-state index is 0.0433. The fourth-order valence-corrected chi connectivity index (χ4v) is 3.77. The average molecular weight is 439 g/mol. The number of esters is 2. The molecule has 3 aromatic heterocycles. The number of aryl methyl sites for hydroxylation is 2. The Kier molecular flexibility index (Phi) is 6.93. The number of pyridine rings is 2. The molecule has 0 atom stereocenters. The van der Waals surface area contributed by atoms with Crippen molar-refractivity contribution in [3.8, 4) is 11.1 Å². The molecule has 32 heavy (non-hydrogen) atoms. The molecular weight excluding hydrogens is 408 g/mol. The molecule has 3 aromatic rings. The van der Waals surface area contributed by atoms with Crippen molar-refractivity contribution in [1.29, 1.82) is 0 Å². The van der Waals surface area contributed by atoms with Crippen LogP contribution < -0.4 is 0 Å². The van der Waals surface area contributed by atoms with E-state index in [1.807, 2.05) is 57.2 Å². The van der Waals surface area contributed by atoms with Crippen LogP contribution in [-0.2, 0) is 9.47 Å². The number of rotatable bonds is 7. The first-order valence-corrected chi connectivity index (χ1v) is 10.6. The number of ether oxygens (including phenoxy) is 2. The fourth-order valence-electron chi connectivity index (χ4n) is 3.77. The monoisotopic (exact) mass is 438 g/mol. The van der Waals surface area contributed by atoms with Gasteiger partial charge in [0.15, 0.2) is 0 Å². The lowest BCUT2D eigenvalue weighted by molar-refractivity contribution is 0.0481. The Balaban J connectivity index is 2.38. The Morgan fingerprint density at radius 1 is 1.06 bits per heavy atom. The third-order valence-electron chi connectivity index (χ3n) is 5.29. The van der Waals surface area contributed by atoms with E-state index < -0.39 is 11.9 Å². The summed E-state index contributed by atoms with van der Waals surface area (Å²) in [7, 11) is 5.13. The molecule has 3 rings (SSSR count). The predicted molar refractivity (Wildman–Crippen MR) is 122 cm³/mol. The van der Waals surface area contributed by atoms with Crippen molar-refractivity contribution >= 4 is 17.5 Å². The molecule has 0 saturated heterocycles. The van der Waals surface area contributed by atoms with Gasteiger partial charge in [-0.15, -0.1) is 0 Å². The highest BCUT2D eigenvalue weighted by atomic mass is 16.5. The molecule has 0 aliphatic rings. The van der Waals surface area contributed by atoms with Crippen molar-refractivity contribution in [3.63, 3.8) is 0 Å². The van der Waals surface area contributed by atoms with Gasteiger partial charge in [0.05, 0.1) is 40.8 Å². The number of carbonyl (C=O) groups excluding carboxylic acids is 2. The molecule has 0 aliphatic carbocycles. The van der Waals surface area contributed by atoms with E-state index in [-0.39, 0.29) is 23.7 Å². The highest BCUT2D eigenvalue weighted by molar-refractivity contribution is 6.09. The molecular formula is C24H30N4O4. The zero-order valence-corrected chi connectivity index (χ0v) is 19.7. The number of hydrogen-bond acceptors (Lipinski definition) is 7. The van der Waals surface area contributed by atoms with E-state index in [4.69, 9.17) is 14.6 Å². The third kappa shape index (κ3) is 4.36. The predicted octanol–water partition coefficient (Wildman–Crippen LogP) is 3.64. The Labute approximate surface area is 188 Å². The maximum atomic E-state index is 13.3. The molecule has 8 heteroatoms. The Hall–Kier alpha value is -3.26. The quantitative estimate of drug-likeness (QED) is 0.521. The largest absolute Gasteiger partial charge is 0.465 e. The number of fused-ring (bicyclic) bond motifs is 1. The molecule has 0 N–H and O–H groups in total. The Morgan fingerprint density at radius 2 is 1.72 bits per heavy atom. The minimum atomic E-state index is -0.558. The van der Waals surface area contributed by atoms with Gasteiger partial charge in [0.25, 0.3) is 0 Å². The molecule has 0 radical (unpaired) electrons. The van der Waals surface area contributed by atoms with E-state index in [2.05, 4.69) is 4.98 Å². The van der Waals surface area contributed by atoms with Gasteiger partial charge in [-0.1, -0.05) is 19.9 Å². The van der Waals surface area contributed by atoms with Gasteiger partial charge in [0.2, 0.25) is 0 Å². The first kappa shape index (κ1) is 23.4. The van der Waals surface area contributed by atoms with Gasteiger partial charge < -0.3 is 14.4 Å². The summed E-state index contributed by atoms with van der Waals surface area (Å²) in [6.45, 7) is 8.35. The summed E-state index contributed by atoms with van der Waals surface area (Å²) < 4.78 is 12.4. The highest BCUT2D eigenvalue weighted by Gasteiger charge is 2.31. The molecule has 0 unspecified atom stereocenters. The van der Waals surface area contributed by atoms with Crippen LogP contribution in [0.15, 0.2) is 24.4 Å². The number of methoxy groups -OCH3 is 1. The van der Waals surface area contributed by atoms with Crippen molar-refractivity contribution in [2.45, 2.75) is 33.6 Å². The minimum Gasteiger partial charge on any atom is -0.465 e. The number of nitrogens with zero attached hydrogens (tertiary/aromatic N) is 4. The molecule has 0 amide bonds. The molecule has 0 aromatic carbocycles. The van der Waals surface area contributed by atoms with E-state index in [1.54, 1.807) is 18.4 Å². The number of likely N-dealkylation sites (N-methyl/N-ethyl adjacent to an activating group) is 1. The Bertz CT molecular complexity index is 1160. The highest BCUT2D eigenvalue weighted by Crippen LogP contribution is 2.39. The van der Waals surface area contributed by atoms with Crippen molar-refractivity contribution in [2.75, 3.05) is 34.4 Å². The lowest BCUT2D eigenvalue weighted by atomic mass is 9.89. The van der Waals surface area contributed by atoms with Crippen LogP contribution in [0.2, 0.25) is 0 Å². The fraction of sp³-hybridized carbons (Fsp3) is 0.417. The smallest absolute Gasteiger partial charge is 0.340 e. The second-order valence-corrected chi connectivity index (χ2v) is 8.28. The first-order chi connectivity index (χ1) is 15.2. The zero-order chi connectivity index (χ0) is 23.6. The first-order valence-electron chi connectivity index (χ1n) is 10.6. The van der Waals surface area contributed by atoms with Crippen LogP contribution in [0, 0.1) is 13.8 Å². The third-order valence-corrected chi connectivity index (χ3v) is 5.29. The number of hydrogen-bond donors (Lipinski definition) is 0. The van der Waals surface area contributed by atoms with Crippen molar-refractivity contribution in [3.05, 3.63) is 52.6 Å². The van der Waals surface area contributed by atoms with Crippen LogP contribution >= 0.6 is 0 Å². The zero-order valence-electron chi connectivity index (χ0n) is 19.7. The lowest BCUT2D eigenvalue weighted by Gasteiger charge is -2.19. The molecule has 0 bridgehead atoms. The van der Waals surface area contributed by atoms with Gasteiger partial charge >= 0.3 is 11.9 Å². The number of carbonyl (C=O) groups is 2. The molecule has 0 spiro atoms. The van der Waals surface area contributed by atoms with Crippen LogP contribution in [0.4, 0.5) is 0 Å². The van der Waals surface area contributed by atoms with Crippen LogP contribution in [-0.4, -0.2) is 65.8 Å². The van der Waals surface area contributed by atoms with Gasteiger partial charge in [-0.25, -0.2) is 14.1 Å². The van der Waals surface area contributed by atoms with Gasteiger partial charge in [0, 0.05) is 23.9 Å². The summed E-state index contributed by atoms with van der Waals surface area (Å²) in [6.07, 6.45) is 1.85. The summed E-state index contributed by atoms with van der Waals surface area (Å²) in [5.41, 5.74) is 4.22. The normalized spacial score (nSPS) is 11.4. The van der Waals surface area contributed by atoms with E-state index in [1.165, 1.54) is 7.11 Å². The molecule has 3 heterocycles. The van der Waals surface area contributed by atoms with Gasteiger partial charge in [0.1, 0.15) is 6.61 Å². The van der Waals surface area contributed by atoms with Gasteiger partial charge in [-0.3, -0.25) is 4.98 Å². The SMILES string of the molecule is COC(=O)c1c(C)nc(C)c(C(=O)OCCN(C)C)c1-c1c(C(C)C)nn2ccccc12. The van der Waals surface area contributed by atoms with E-state index in [9.17, 15) is 9.59 Å². The van der Waals surface area contributed by atoms with E-state index in [0.717, 1.165) is 11.2 Å². The average Bonchev–Trinajstić information content (AvgIpc) is 3.12. The summed E-state index contributed by atoms with van der Waals surface area (Å²) in [5.74, 6) is -1.04. The van der Waals surface area contributed by atoms with Crippen LogP contribution in [0.25, 0.3) is 16.6 Å². The van der Waals surface area contributed by atoms with Gasteiger partial charge in [-0.2, -0.15) is 5.10 Å². The van der Waals surface area contributed by atoms with E-state index >= 15 is 0 Å².